The molecular formula is C15H13BrFNO3. The molecule has 4 nitrogen and oxygen atoms in total. The minimum atomic E-state index is -0.411. The van der Waals surface area contributed by atoms with Crippen LogP contribution in [0.4, 0.5) is 4.39 Å². The number of hydrogen-bond acceptors (Lipinski definition) is 3. The Morgan fingerprint density at radius 3 is 2.76 bits per heavy atom. The molecule has 0 aliphatic carbocycles. The van der Waals surface area contributed by atoms with E-state index in [1.54, 1.807) is 12.1 Å². The van der Waals surface area contributed by atoms with Gasteiger partial charge in [-0.25, -0.2) is 4.39 Å². The average Bonchev–Trinajstić information content (AvgIpc) is 2.47. The van der Waals surface area contributed by atoms with Crippen molar-refractivity contribution in [1.82, 2.24) is 5.32 Å². The van der Waals surface area contributed by atoms with Crippen LogP contribution in [0.2, 0.25) is 0 Å². The fourth-order valence-corrected chi connectivity index (χ4v) is 2.04. The molecule has 0 radical (unpaired) electrons. The zero-order valence-electron chi connectivity index (χ0n) is 11.2. The van der Waals surface area contributed by atoms with Gasteiger partial charge < -0.3 is 15.2 Å². The first-order chi connectivity index (χ1) is 10.0. The zero-order valence-corrected chi connectivity index (χ0v) is 12.8. The molecule has 0 unspecified atom stereocenters. The predicted molar refractivity (Wildman–Crippen MR) is 79.9 cm³/mol. The van der Waals surface area contributed by atoms with Crippen molar-refractivity contribution in [1.29, 1.82) is 0 Å². The van der Waals surface area contributed by atoms with Crippen molar-refractivity contribution < 1.29 is 19.0 Å². The lowest BCUT2D eigenvalue weighted by molar-refractivity contribution is 0.0962. The van der Waals surface area contributed by atoms with Crippen molar-refractivity contribution in [3.8, 4) is 11.5 Å². The predicted octanol–water partition coefficient (Wildman–Crippen LogP) is 3.23. The van der Waals surface area contributed by atoms with Crippen LogP contribution in [0.1, 0.15) is 15.9 Å². The second-order valence-electron chi connectivity index (χ2n) is 4.29. The molecule has 2 aromatic rings. The fraction of sp³-hybridized carbons (Fsp3) is 0.133. The molecule has 1 amide bonds. The normalized spacial score (nSPS) is 10.2. The molecule has 110 valence electrons. The third kappa shape index (κ3) is 3.72. The Morgan fingerprint density at radius 1 is 1.33 bits per heavy atom. The molecule has 0 saturated heterocycles. The van der Waals surface area contributed by atoms with Gasteiger partial charge in [0.15, 0.2) is 11.5 Å². The first-order valence-corrected chi connectivity index (χ1v) is 6.92. The summed E-state index contributed by atoms with van der Waals surface area (Å²) in [6.45, 7) is -0.0517. The number of carbonyl (C=O) groups excluding carboxylic acids is 1. The lowest BCUT2D eigenvalue weighted by Gasteiger charge is -2.10. The van der Waals surface area contributed by atoms with E-state index in [0.29, 0.717) is 15.6 Å². The number of phenolic OH excluding ortho intramolecular Hbond substituents is 1. The third-order valence-electron chi connectivity index (χ3n) is 2.85. The minimum Gasteiger partial charge on any atom is -0.504 e. The summed E-state index contributed by atoms with van der Waals surface area (Å²) in [4.78, 5) is 11.5. The topological polar surface area (TPSA) is 58.6 Å². The van der Waals surface area contributed by atoms with Gasteiger partial charge in [0.2, 0.25) is 0 Å². The number of aromatic hydroxyl groups is 1. The first-order valence-electron chi connectivity index (χ1n) is 6.13. The van der Waals surface area contributed by atoms with Crippen LogP contribution >= 0.6 is 15.9 Å². The molecule has 0 aliphatic heterocycles. The molecule has 0 saturated carbocycles. The molecule has 0 aliphatic rings. The standard InChI is InChI=1S/C15H13BrFNO3/c1-18-15(20)9-3-5-13(19)14(6-9)21-8-10-2-4-11(16)7-12(10)17/h2-7,19H,8H2,1H3,(H,18,20). The van der Waals surface area contributed by atoms with E-state index in [0.717, 1.165) is 0 Å². The molecule has 2 aromatic carbocycles. The van der Waals surface area contributed by atoms with Gasteiger partial charge in [-0.05, 0) is 30.3 Å². The van der Waals surface area contributed by atoms with Gasteiger partial charge in [-0.2, -0.15) is 0 Å². The Kier molecular flexibility index (Phi) is 4.80. The Labute approximate surface area is 129 Å². The van der Waals surface area contributed by atoms with Crippen LogP contribution in [0.15, 0.2) is 40.9 Å². The largest absolute Gasteiger partial charge is 0.504 e. The van der Waals surface area contributed by atoms with E-state index in [2.05, 4.69) is 21.2 Å². The number of rotatable bonds is 4. The van der Waals surface area contributed by atoms with Crippen molar-refractivity contribution in [2.24, 2.45) is 0 Å². The van der Waals surface area contributed by atoms with Crippen LogP contribution in [0.25, 0.3) is 0 Å². The van der Waals surface area contributed by atoms with Gasteiger partial charge in [0, 0.05) is 22.6 Å². The van der Waals surface area contributed by atoms with Crippen LogP contribution in [0, 0.1) is 5.82 Å². The molecular weight excluding hydrogens is 341 g/mol. The number of nitrogens with one attached hydrogen (secondary N) is 1. The third-order valence-corrected chi connectivity index (χ3v) is 3.34. The summed E-state index contributed by atoms with van der Waals surface area (Å²) in [5.41, 5.74) is 0.699. The molecule has 2 rings (SSSR count). The Hall–Kier alpha value is -2.08. The van der Waals surface area contributed by atoms with E-state index in [9.17, 15) is 14.3 Å². The van der Waals surface area contributed by atoms with Gasteiger partial charge in [-0.3, -0.25) is 4.79 Å². The van der Waals surface area contributed by atoms with Crippen LogP contribution < -0.4 is 10.1 Å². The summed E-state index contributed by atoms with van der Waals surface area (Å²) >= 11 is 3.17. The highest BCUT2D eigenvalue weighted by molar-refractivity contribution is 9.10. The maximum Gasteiger partial charge on any atom is 0.251 e. The lowest BCUT2D eigenvalue weighted by Crippen LogP contribution is -2.17. The van der Waals surface area contributed by atoms with Gasteiger partial charge in [0.25, 0.3) is 5.91 Å². The number of amides is 1. The molecule has 0 atom stereocenters. The fourth-order valence-electron chi connectivity index (χ4n) is 1.71. The van der Waals surface area contributed by atoms with Gasteiger partial charge >= 0.3 is 0 Å². The van der Waals surface area contributed by atoms with Crippen molar-refractivity contribution in [2.45, 2.75) is 6.61 Å². The average molecular weight is 354 g/mol. The maximum absolute atomic E-state index is 13.7. The molecule has 0 heterocycles. The number of hydrogen-bond donors (Lipinski definition) is 2. The monoisotopic (exact) mass is 353 g/mol. The second kappa shape index (κ2) is 6.58. The number of halogens is 2. The van der Waals surface area contributed by atoms with Crippen molar-refractivity contribution in [2.75, 3.05) is 7.05 Å². The smallest absolute Gasteiger partial charge is 0.251 e. The highest BCUT2D eigenvalue weighted by atomic mass is 79.9. The molecule has 21 heavy (non-hydrogen) atoms. The number of ether oxygens (including phenoxy) is 1. The van der Waals surface area contributed by atoms with Crippen LogP contribution in [-0.2, 0) is 6.61 Å². The number of phenols is 1. The van der Waals surface area contributed by atoms with Gasteiger partial charge in [0.05, 0.1) is 0 Å². The Morgan fingerprint density at radius 2 is 2.10 bits per heavy atom. The van der Waals surface area contributed by atoms with Crippen LogP contribution in [0.3, 0.4) is 0 Å². The van der Waals surface area contributed by atoms with E-state index >= 15 is 0 Å². The molecule has 6 heteroatoms. The van der Waals surface area contributed by atoms with E-state index in [4.69, 9.17) is 4.74 Å². The summed E-state index contributed by atoms with van der Waals surface area (Å²) in [6.07, 6.45) is 0. The van der Waals surface area contributed by atoms with E-state index in [-0.39, 0.29) is 24.0 Å². The summed E-state index contributed by atoms with van der Waals surface area (Å²) < 4.78 is 19.7. The van der Waals surface area contributed by atoms with Gasteiger partial charge in [0.1, 0.15) is 12.4 Å². The Balaban J connectivity index is 2.17. The summed E-state index contributed by atoms with van der Waals surface area (Å²) in [6, 6.07) is 8.85. The van der Waals surface area contributed by atoms with Crippen molar-refractivity contribution in [3.05, 3.63) is 57.8 Å². The highest BCUT2D eigenvalue weighted by Gasteiger charge is 2.10. The lowest BCUT2D eigenvalue weighted by atomic mass is 10.2. The van der Waals surface area contributed by atoms with E-state index in [1.165, 1.54) is 31.3 Å². The summed E-state index contributed by atoms with van der Waals surface area (Å²) in [5.74, 6) is -0.695. The Bertz CT molecular complexity index is 676. The molecule has 0 aromatic heterocycles. The van der Waals surface area contributed by atoms with Crippen molar-refractivity contribution in [3.63, 3.8) is 0 Å². The van der Waals surface area contributed by atoms with Gasteiger partial charge in [-0.15, -0.1) is 0 Å². The summed E-state index contributed by atoms with van der Waals surface area (Å²) in [5, 5.41) is 12.2. The number of carbonyl (C=O) groups is 1. The summed E-state index contributed by atoms with van der Waals surface area (Å²) in [7, 11) is 1.51. The highest BCUT2D eigenvalue weighted by Crippen LogP contribution is 2.28. The molecule has 0 spiro atoms. The van der Waals surface area contributed by atoms with Crippen LogP contribution in [0.5, 0.6) is 11.5 Å². The van der Waals surface area contributed by atoms with E-state index < -0.39 is 5.82 Å². The minimum absolute atomic E-state index is 0.0517. The van der Waals surface area contributed by atoms with Crippen LogP contribution in [-0.4, -0.2) is 18.1 Å². The zero-order chi connectivity index (χ0) is 15.4. The van der Waals surface area contributed by atoms with E-state index in [1.807, 2.05) is 0 Å². The number of benzene rings is 2. The maximum atomic E-state index is 13.7. The van der Waals surface area contributed by atoms with Gasteiger partial charge in [-0.1, -0.05) is 22.0 Å². The second-order valence-corrected chi connectivity index (χ2v) is 5.20. The quantitative estimate of drug-likeness (QED) is 0.886. The molecule has 0 fully saturated rings. The molecule has 2 N–H and O–H groups in total. The first kappa shape index (κ1) is 15.3. The van der Waals surface area contributed by atoms with Crippen molar-refractivity contribution >= 4 is 21.8 Å². The SMILES string of the molecule is CNC(=O)c1ccc(O)c(OCc2ccc(Br)cc2F)c1. The molecule has 0 bridgehead atoms.